The van der Waals surface area contributed by atoms with Gasteiger partial charge in [-0.3, -0.25) is 4.90 Å². The Morgan fingerprint density at radius 2 is 2.16 bits per heavy atom. The van der Waals surface area contributed by atoms with Crippen LogP contribution >= 0.6 is 0 Å². The minimum absolute atomic E-state index is 0.337. The van der Waals surface area contributed by atoms with E-state index in [9.17, 15) is 0 Å². The molecular formula is C13H23N5O. The molecule has 19 heavy (non-hydrogen) atoms. The molecule has 6 nitrogen and oxygen atoms in total. The van der Waals surface area contributed by atoms with Crippen molar-refractivity contribution >= 4 is 11.8 Å². The third-order valence-electron chi connectivity index (χ3n) is 2.91. The summed E-state index contributed by atoms with van der Waals surface area (Å²) < 4.78 is 5.33. The van der Waals surface area contributed by atoms with E-state index in [4.69, 9.17) is 4.74 Å². The van der Waals surface area contributed by atoms with Gasteiger partial charge in [-0.1, -0.05) is 0 Å². The van der Waals surface area contributed by atoms with E-state index in [-0.39, 0.29) is 0 Å². The molecule has 0 unspecified atom stereocenters. The van der Waals surface area contributed by atoms with Crippen LogP contribution in [-0.4, -0.2) is 60.3 Å². The number of rotatable bonds is 6. The molecule has 2 heterocycles. The highest BCUT2D eigenvalue weighted by atomic mass is 16.5. The van der Waals surface area contributed by atoms with Crippen LogP contribution < -0.4 is 10.6 Å². The molecule has 1 saturated heterocycles. The van der Waals surface area contributed by atoms with Crippen molar-refractivity contribution in [1.29, 1.82) is 0 Å². The van der Waals surface area contributed by atoms with Gasteiger partial charge in [0.1, 0.15) is 5.82 Å². The molecule has 0 saturated carbocycles. The molecule has 0 radical (unpaired) electrons. The average Bonchev–Trinajstić information content (AvgIpc) is 2.40. The van der Waals surface area contributed by atoms with Gasteiger partial charge in [-0.05, 0) is 19.9 Å². The molecule has 6 heteroatoms. The number of hydrogen-bond acceptors (Lipinski definition) is 6. The van der Waals surface area contributed by atoms with E-state index in [0.717, 1.165) is 45.2 Å². The van der Waals surface area contributed by atoms with Crippen molar-refractivity contribution in [3.63, 3.8) is 0 Å². The molecular weight excluding hydrogens is 242 g/mol. The molecule has 106 valence electrons. The SMILES string of the molecule is CC(C)Nc1nccc(NCCN2CCOCC2)n1. The van der Waals surface area contributed by atoms with Crippen molar-refractivity contribution in [3.8, 4) is 0 Å². The van der Waals surface area contributed by atoms with E-state index in [1.165, 1.54) is 0 Å². The topological polar surface area (TPSA) is 62.3 Å². The second kappa shape index (κ2) is 7.25. The first-order valence-electron chi connectivity index (χ1n) is 6.87. The fraction of sp³-hybridized carbons (Fsp3) is 0.692. The Balaban J connectivity index is 1.75. The molecule has 2 rings (SSSR count). The molecule has 2 N–H and O–H groups in total. The smallest absolute Gasteiger partial charge is 0.224 e. The van der Waals surface area contributed by atoms with Gasteiger partial charge in [-0.25, -0.2) is 4.98 Å². The van der Waals surface area contributed by atoms with Crippen LogP contribution in [0.5, 0.6) is 0 Å². The highest BCUT2D eigenvalue weighted by Gasteiger charge is 2.09. The summed E-state index contributed by atoms with van der Waals surface area (Å²) in [7, 11) is 0. The second-order valence-corrected chi connectivity index (χ2v) is 4.95. The Morgan fingerprint density at radius 1 is 1.37 bits per heavy atom. The maximum Gasteiger partial charge on any atom is 0.224 e. The van der Waals surface area contributed by atoms with Crippen LogP contribution in [0.2, 0.25) is 0 Å². The Kier molecular flexibility index (Phi) is 5.35. The predicted octanol–water partition coefficient (Wildman–Crippen LogP) is 1.04. The first-order chi connectivity index (χ1) is 9.24. The normalized spacial score (nSPS) is 16.6. The summed E-state index contributed by atoms with van der Waals surface area (Å²) >= 11 is 0. The van der Waals surface area contributed by atoms with E-state index < -0.39 is 0 Å². The monoisotopic (exact) mass is 265 g/mol. The molecule has 1 aromatic rings. The summed E-state index contributed by atoms with van der Waals surface area (Å²) in [5.41, 5.74) is 0. The van der Waals surface area contributed by atoms with Gasteiger partial charge in [0.15, 0.2) is 0 Å². The van der Waals surface area contributed by atoms with E-state index in [2.05, 4.69) is 39.3 Å². The van der Waals surface area contributed by atoms with Gasteiger partial charge in [-0.2, -0.15) is 4.98 Å². The van der Waals surface area contributed by atoms with Crippen molar-refractivity contribution in [2.45, 2.75) is 19.9 Å². The highest BCUT2D eigenvalue weighted by Crippen LogP contribution is 2.06. The van der Waals surface area contributed by atoms with Gasteiger partial charge < -0.3 is 15.4 Å². The van der Waals surface area contributed by atoms with Gasteiger partial charge >= 0.3 is 0 Å². The number of anilines is 2. The first-order valence-corrected chi connectivity index (χ1v) is 6.87. The van der Waals surface area contributed by atoms with Crippen molar-refractivity contribution in [1.82, 2.24) is 14.9 Å². The molecule has 0 spiro atoms. The zero-order valence-electron chi connectivity index (χ0n) is 11.7. The summed E-state index contributed by atoms with van der Waals surface area (Å²) in [6.45, 7) is 9.77. The summed E-state index contributed by atoms with van der Waals surface area (Å²) in [5, 5.41) is 6.53. The van der Waals surface area contributed by atoms with Gasteiger partial charge in [0.25, 0.3) is 0 Å². The lowest BCUT2D eigenvalue weighted by atomic mass is 10.4. The lowest BCUT2D eigenvalue weighted by Gasteiger charge is -2.26. The zero-order chi connectivity index (χ0) is 13.5. The van der Waals surface area contributed by atoms with Crippen LogP contribution in [0.25, 0.3) is 0 Å². The van der Waals surface area contributed by atoms with Crippen LogP contribution in [0.15, 0.2) is 12.3 Å². The summed E-state index contributed by atoms with van der Waals surface area (Å²) in [6, 6.07) is 2.23. The van der Waals surface area contributed by atoms with E-state index in [0.29, 0.717) is 12.0 Å². The number of morpholine rings is 1. The Labute approximate surface area is 114 Å². The standard InChI is InChI=1S/C13H23N5O/c1-11(2)16-13-15-4-3-12(17-13)14-5-6-18-7-9-19-10-8-18/h3-4,11H,5-10H2,1-2H3,(H2,14,15,16,17). The second-order valence-electron chi connectivity index (χ2n) is 4.95. The molecule has 0 atom stereocenters. The molecule has 1 aromatic heterocycles. The molecule has 1 fully saturated rings. The number of nitrogens with zero attached hydrogens (tertiary/aromatic N) is 3. The van der Waals surface area contributed by atoms with Crippen LogP contribution in [0, 0.1) is 0 Å². The van der Waals surface area contributed by atoms with Crippen molar-refractivity contribution < 1.29 is 4.74 Å². The summed E-state index contributed by atoms with van der Waals surface area (Å²) in [4.78, 5) is 11.0. The fourth-order valence-electron chi connectivity index (χ4n) is 1.95. The molecule has 0 aliphatic carbocycles. The highest BCUT2D eigenvalue weighted by molar-refractivity contribution is 5.39. The lowest BCUT2D eigenvalue weighted by Crippen LogP contribution is -2.39. The van der Waals surface area contributed by atoms with Crippen molar-refractivity contribution in [3.05, 3.63) is 12.3 Å². The van der Waals surface area contributed by atoms with Crippen molar-refractivity contribution in [2.24, 2.45) is 0 Å². The summed E-state index contributed by atoms with van der Waals surface area (Å²) in [6.07, 6.45) is 1.77. The Morgan fingerprint density at radius 3 is 2.89 bits per heavy atom. The first kappa shape index (κ1) is 14.0. The number of nitrogens with one attached hydrogen (secondary N) is 2. The van der Waals surface area contributed by atoms with Crippen LogP contribution in [0.1, 0.15) is 13.8 Å². The number of ether oxygens (including phenoxy) is 1. The molecule has 1 aliphatic rings. The van der Waals surface area contributed by atoms with Crippen LogP contribution in [0.3, 0.4) is 0 Å². The van der Waals surface area contributed by atoms with E-state index in [1.54, 1.807) is 6.20 Å². The maximum absolute atomic E-state index is 5.33. The van der Waals surface area contributed by atoms with Gasteiger partial charge in [0.2, 0.25) is 5.95 Å². The molecule has 0 amide bonds. The minimum Gasteiger partial charge on any atom is -0.379 e. The molecule has 0 bridgehead atoms. The minimum atomic E-state index is 0.337. The Hall–Kier alpha value is -1.40. The van der Waals surface area contributed by atoms with Gasteiger partial charge in [-0.15, -0.1) is 0 Å². The van der Waals surface area contributed by atoms with Crippen molar-refractivity contribution in [2.75, 3.05) is 50.0 Å². The number of aromatic nitrogens is 2. The van der Waals surface area contributed by atoms with Gasteiger partial charge in [0.05, 0.1) is 13.2 Å². The predicted molar refractivity (Wildman–Crippen MR) is 76.5 cm³/mol. The average molecular weight is 265 g/mol. The fourth-order valence-corrected chi connectivity index (χ4v) is 1.95. The summed E-state index contributed by atoms with van der Waals surface area (Å²) in [5.74, 6) is 1.54. The molecule has 0 aromatic carbocycles. The lowest BCUT2D eigenvalue weighted by molar-refractivity contribution is 0.0398. The Bertz CT molecular complexity index is 379. The third kappa shape index (κ3) is 5.00. The largest absolute Gasteiger partial charge is 0.379 e. The third-order valence-corrected chi connectivity index (χ3v) is 2.91. The van der Waals surface area contributed by atoms with E-state index >= 15 is 0 Å². The van der Waals surface area contributed by atoms with Crippen LogP contribution in [0.4, 0.5) is 11.8 Å². The zero-order valence-corrected chi connectivity index (χ0v) is 11.7. The quantitative estimate of drug-likeness (QED) is 0.801. The molecule has 1 aliphatic heterocycles. The van der Waals surface area contributed by atoms with Crippen LogP contribution in [-0.2, 0) is 4.74 Å². The number of hydrogen-bond donors (Lipinski definition) is 2. The van der Waals surface area contributed by atoms with E-state index in [1.807, 2.05) is 6.07 Å². The maximum atomic E-state index is 5.33. The van der Waals surface area contributed by atoms with Gasteiger partial charge in [0, 0.05) is 38.4 Å².